The van der Waals surface area contributed by atoms with Crippen LogP contribution < -0.4 is 0 Å². The number of rotatable bonds is 5. The molecule has 1 fully saturated rings. The minimum atomic E-state index is -4.44. The van der Waals surface area contributed by atoms with E-state index in [0.29, 0.717) is 5.56 Å². The summed E-state index contributed by atoms with van der Waals surface area (Å²) in [7, 11) is -2.32. The van der Waals surface area contributed by atoms with E-state index < -0.39 is 34.2 Å². The Morgan fingerprint density at radius 1 is 1.48 bits per heavy atom. The average Bonchev–Trinajstić information content (AvgIpc) is 2.98. The molecule has 10 heteroatoms. The molecule has 0 radical (unpaired) electrons. The van der Waals surface area contributed by atoms with Gasteiger partial charge in [-0.05, 0) is 12.8 Å². The molecular weight excluding hydrogens is 311 g/mol. The summed E-state index contributed by atoms with van der Waals surface area (Å²) in [5.41, 5.74) is 0.668. The monoisotopic (exact) mass is 327 g/mol. The van der Waals surface area contributed by atoms with Crippen molar-refractivity contribution < 1.29 is 26.3 Å². The highest BCUT2D eigenvalue weighted by atomic mass is 32.2. The number of ether oxygens (including phenoxy) is 1. The second-order valence-corrected chi connectivity index (χ2v) is 7.13. The minimum Gasteiger partial charge on any atom is -0.364 e. The van der Waals surface area contributed by atoms with Crippen LogP contribution in [0.2, 0.25) is 0 Å². The number of nitrogens with zero attached hydrogens (tertiary/aromatic N) is 2. The van der Waals surface area contributed by atoms with Gasteiger partial charge in [0.15, 0.2) is 6.10 Å². The molecule has 1 aliphatic rings. The van der Waals surface area contributed by atoms with Gasteiger partial charge in [-0.3, -0.25) is 5.10 Å². The molecule has 1 aromatic rings. The normalized spacial score (nSPS) is 23.9. The predicted octanol–water partition coefficient (Wildman–Crippen LogP) is 1.28. The standard InChI is InChI=1S/C11H16F3N3O3S/c1-17(6-8-4-15-16-5-8)21(18,19)7-9-2-3-10(20-9)11(12,13)14/h4-5,9-10H,2-3,6-7H2,1H3,(H,15,16). The topological polar surface area (TPSA) is 75.3 Å². The molecule has 2 heterocycles. The lowest BCUT2D eigenvalue weighted by atomic mass is 10.2. The van der Waals surface area contributed by atoms with E-state index in [1.54, 1.807) is 6.20 Å². The molecule has 1 N–H and O–H groups in total. The number of aromatic amines is 1. The molecule has 2 atom stereocenters. The van der Waals surface area contributed by atoms with Crippen LogP contribution >= 0.6 is 0 Å². The number of alkyl halides is 3. The van der Waals surface area contributed by atoms with Crippen molar-refractivity contribution in [2.24, 2.45) is 0 Å². The zero-order chi connectivity index (χ0) is 15.7. The Kier molecular flexibility index (Phi) is 4.59. The Hall–Kier alpha value is -1.13. The lowest BCUT2D eigenvalue weighted by Crippen LogP contribution is -2.35. The molecule has 0 bridgehead atoms. The summed E-state index contributed by atoms with van der Waals surface area (Å²) in [5, 5.41) is 6.26. The lowest BCUT2D eigenvalue weighted by molar-refractivity contribution is -0.213. The molecule has 0 aliphatic carbocycles. The van der Waals surface area contributed by atoms with Gasteiger partial charge in [0.1, 0.15) is 0 Å². The third-order valence-electron chi connectivity index (χ3n) is 3.30. The highest BCUT2D eigenvalue weighted by molar-refractivity contribution is 7.89. The van der Waals surface area contributed by atoms with E-state index in [1.807, 2.05) is 0 Å². The molecule has 0 spiro atoms. The number of aromatic nitrogens is 2. The number of hydrogen-bond acceptors (Lipinski definition) is 4. The van der Waals surface area contributed by atoms with Gasteiger partial charge in [0.25, 0.3) is 0 Å². The van der Waals surface area contributed by atoms with Crippen molar-refractivity contribution >= 4 is 10.0 Å². The van der Waals surface area contributed by atoms with Crippen molar-refractivity contribution in [1.82, 2.24) is 14.5 Å². The zero-order valence-electron chi connectivity index (χ0n) is 11.3. The van der Waals surface area contributed by atoms with Crippen molar-refractivity contribution in [3.05, 3.63) is 18.0 Å². The average molecular weight is 327 g/mol. The Labute approximate surface area is 120 Å². The molecule has 1 aliphatic heterocycles. The van der Waals surface area contributed by atoms with Gasteiger partial charge in [-0.1, -0.05) is 0 Å². The molecule has 0 saturated carbocycles. The summed E-state index contributed by atoms with van der Waals surface area (Å²) >= 11 is 0. The van der Waals surface area contributed by atoms with Crippen molar-refractivity contribution in [2.75, 3.05) is 12.8 Å². The fourth-order valence-corrected chi connectivity index (χ4v) is 3.47. The van der Waals surface area contributed by atoms with Crippen LogP contribution in [0.15, 0.2) is 12.4 Å². The van der Waals surface area contributed by atoms with Gasteiger partial charge in [-0.15, -0.1) is 0 Å². The van der Waals surface area contributed by atoms with Crippen LogP contribution in [0.5, 0.6) is 0 Å². The molecule has 0 amide bonds. The Morgan fingerprint density at radius 3 is 2.71 bits per heavy atom. The molecule has 1 saturated heterocycles. The molecule has 2 rings (SSSR count). The van der Waals surface area contributed by atoms with Gasteiger partial charge in [-0.25, -0.2) is 12.7 Å². The molecule has 120 valence electrons. The fourth-order valence-electron chi connectivity index (χ4n) is 2.15. The Balaban J connectivity index is 1.92. The SMILES string of the molecule is CN(Cc1cn[nH]c1)S(=O)(=O)CC1CCC(C(F)(F)F)O1. The quantitative estimate of drug-likeness (QED) is 0.884. The minimum absolute atomic E-state index is 0.0863. The largest absolute Gasteiger partial charge is 0.414 e. The molecule has 21 heavy (non-hydrogen) atoms. The molecule has 1 aromatic heterocycles. The van der Waals surface area contributed by atoms with Crippen molar-refractivity contribution in [2.45, 2.75) is 37.8 Å². The Bertz CT molecular complexity index is 559. The van der Waals surface area contributed by atoms with Crippen LogP contribution in [0.4, 0.5) is 13.2 Å². The first-order valence-electron chi connectivity index (χ1n) is 6.32. The molecule has 6 nitrogen and oxygen atoms in total. The van der Waals surface area contributed by atoms with E-state index >= 15 is 0 Å². The maximum absolute atomic E-state index is 12.5. The van der Waals surface area contributed by atoms with E-state index in [2.05, 4.69) is 10.2 Å². The first-order valence-corrected chi connectivity index (χ1v) is 7.93. The molecule has 0 aromatic carbocycles. The molecular formula is C11H16F3N3O3S. The fraction of sp³-hybridized carbons (Fsp3) is 0.727. The van der Waals surface area contributed by atoms with Crippen molar-refractivity contribution in [3.8, 4) is 0 Å². The third kappa shape index (κ3) is 4.17. The van der Waals surface area contributed by atoms with Crippen LogP contribution in [-0.4, -0.2) is 54.1 Å². The summed E-state index contributed by atoms with van der Waals surface area (Å²) < 4.78 is 67.5. The van der Waals surface area contributed by atoms with Gasteiger partial charge >= 0.3 is 6.18 Å². The second kappa shape index (κ2) is 5.93. The summed E-state index contributed by atoms with van der Waals surface area (Å²) in [6, 6.07) is 0. The lowest BCUT2D eigenvalue weighted by Gasteiger charge is -2.20. The first kappa shape index (κ1) is 16.2. The van der Waals surface area contributed by atoms with E-state index in [-0.39, 0.29) is 19.4 Å². The van der Waals surface area contributed by atoms with Gasteiger partial charge < -0.3 is 4.74 Å². The second-order valence-electron chi connectivity index (χ2n) is 5.01. The number of halogens is 3. The highest BCUT2D eigenvalue weighted by Crippen LogP contribution is 2.33. The summed E-state index contributed by atoms with van der Waals surface area (Å²) in [6.07, 6.45) is -4.31. The number of nitrogens with one attached hydrogen (secondary N) is 1. The number of H-pyrrole nitrogens is 1. The maximum Gasteiger partial charge on any atom is 0.414 e. The van der Waals surface area contributed by atoms with Crippen LogP contribution in [0, 0.1) is 0 Å². The smallest absolute Gasteiger partial charge is 0.364 e. The van der Waals surface area contributed by atoms with Crippen molar-refractivity contribution in [1.29, 1.82) is 0 Å². The summed E-state index contributed by atoms with van der Waals surface area (Å²) in [5.74, 6) is -0.450. The first-order chi connectivity index (χ1) is 9.68. The van der Waals surface area contributed by atoms with Gasteiger partial charge in [0.05, 0.1) is 18.1 Å². The van der Waals surface area contributed by atoms with Gasteiger partial charge in [0, 0.05) is 25.4 Å². The van der Waals surface area contributed by atoms with Gasteiger partial charge in [0.2, 0.25) is 10.0 Å². The van der Waals surface area contributed by atoms with E-state index in [9.17, 15) is 21.6 Å². The molecule has 2 unspecified atom stereocenters. The maximum atomic E-state index is 12.5. The van der Waals surface area contributed by atoms with Crippen molar-refractivity contribution in [3.63, 3.8) is 0 Å². The third-order valence-corrected chi connectivity index (χ3v) is 5.18. The van der Waals surface area contributed by atoms with Crippen LogP contribution in [0.3, 0.4) is 0 Å². The summed E-state index contributed by atoms with van der Waals surface area (Å²) in [4.78, 5) is 0. The Morgan fingerprint density at radius 2 is 2.19 bits per heavy atom. The van der Waals surface area contributed by atoms with Crippen LogP contribution in [0.1, 0.15) is 18.4 Å². The predicted molar refractivity (Wildman–Crippen MR) is 67.8 cm³/mol. The number of sulfonamides is 1. The highest BCUT2D eigenvalue weighted by Gasteiger charge is 2.46. The van der Waals surface area contributed by atoms with E-state index in [1.165, 1.54) is 13.2 Å². The number of hydrogen-bond donors (Lipinski definition) is 1. The summed E-state index contributed by atoms with van der Waals surface area (Å²) in [6.45, 7) is 0.105. The van der Waals surface area contributed by atoms with Crippen LogP contribution in [0.25, 0.3) is 0 Å². The zero-order valence-corrected chi connectivity index (χ0v) is 12.1. The van der Waals surface area contributed by atoms with Crippen LogP contribution in [-0.2, 0) is 21.3 Å². The van der Waals surface area contributed by atoms with E-state index in [4.69, 9.17) is 4.74 Å². The van der Waals surface area contributed by atoms with E-state index in [0.717, 1.165) is 4.31 Å². The van der Waals surface area contributed by atoms with Gasteiger partial charge in [-0.2, -0.15) is 18.3 Å².